The van der Waals surface area contributed by atoms with Crippen LogP contribution in [0.1, 0.15) is 30.8 Å². The van der Waals surface area contributed by atoms with Gasteiger partial charge in [0.25, 0.3) is 0 Å². The second kappa shape index (κ2) is 4.72. The van der Waals surface area contributed by atoms with E-state index < -0.39 is 0 Å². The van der Waals surface area contributed by atoms with Gasteiger partial charge in [-0.15, -0.1) is 0 Å². The monoisotopic (exact) mass is 249 g/mol. The van der Waals surface area contributed by atoms with Crippen LogP contribution in [-0.4, -0.2) is 34.2 Å². The van der Waals surface area contributed by atoms with Gasteiger partial charge in [-0.1, -0.05) is 0 Å². The van der Waals surface area contributed by atoms with Crippen LogP contribution in [0.3, 0.4) is 0 Å². The predicted molar refractivity (Wildman–Crippen MR) is 66.2 cm³/mol. The van der Waals surface area contributed by atoms with Crippen LogP contribution in [0, 0.1) is 6.92 Å². The molecule has 0 aromatic carbocycles. The van der Waals surface area contributed by atoms with Gasteiger partial charge in [0.1, 0.15) is 11.9 Å². The van der Waals surface area contributed by atoms with E-state index in [1.165, 1.54) is 0 Å². The third-order valence-corrected chi connectivity index (χ3v) is 3.68. The number of aryl methyl sites for hydroxylation is 2. The van der Waals surface area contributed by atoms with Gasteiger partial charge in [0, 0.05) is 31.8 Å². The fourth-order valence-electron chi connectivity index (χ4n) is 2.78. The molecule has 18 heavy (non-hydrogen) atoms. The molecule has 1 fully saturated rings. The first kappa shape index (κ1) is 11.7. The summed E-state index contributed by atoms with van der Waals surface area (Å²) in [5.41, 5.74) is 1.05. The maximum atomic E-state index is 12.0. The van der Waals surface area contributed by atoms with Crippen molar-refractivity contribution in [3.05, 3.63) is 17.7 Å². The molecule has 5 nitrogen and oxygen atoms in total. The van der Waals surface area contributed by atoms with E-state index in [4.69, 9.17) is 4.74 Å². The number of carbonyl (C=O) groups is 1. The highest BCUT2D eigenvalue weighted by molar-refractivity contribution is 5.81. The molecule has 0 unspecified atom stereocenters. The van der Waals surface area contributed by atoms with Crippen molar-refractivity contribution in [3.63, 3.8) is 0 Å². The molecule has 1 aromatic rings. The van der Waals surface area contributed by atoms with Crippen molar-refractivity contribution in [2.45, 2.75) is 51.3 Å². The Morgan fingerprint density at radius 2 is 2.44 bits per heavy atom. The Labute approximate surface area is 107 Å². The Morgan fingerprint density at radius 3 is 3.22 bits per heavy atom. The second-order valence-corrected chi connectivity index (χ2v) is 5.20. The number of nitrogens with zero attached hydrogens (tertiary/aromatic N) is 2. The van der Waals surface area contributed by atoms with E-state index >= 15 is 0 Å². The van der Waals surface area contributed by atoms with Crippen molar-refractivity contribution in [2.75, 3.05) is 6.61 Å². The highest BCUT2D eigenvalue weighted by Gasteiger charge is 2.27. The summed E-state index contributed by atoms with van der Waals surface area (Å²) in [7, 11) is 0. The molecule has 3 rings (SSSR count). The molecule has 0 bridgehead atoms. The molecule has 2 aliphatic heterocycles. The summed E-state index contributed by atoms with van der Waals surface area (Å²) in [5.74, 6) is 1.19. The number of fused-ring (bicyclic) bond motifs is 1. The van der Waals surface area contributed by atoms with Crippen LogP contribution in [0.4, 0.5) is 0 Å². The van der Waals surface area contributed by atoms with Crippen molar-refractivity contribution in [1.82, 2.24) is 14.9 Å². The van der Waals surface area contributed by atoms with Crippen molar-refractivity contribution in [1.29, 1.82) is 0 Å². The Kier molecular flexibility index (Phi) is 3.07. The maximum Gasteiger partial charge on any atom is 0.249 e. The normalized spacial score (nSPS) is 26.9. The molecule has 5 heteroatoms. The SMILES string of the molecule is Cc1cn2c(n1)CC[C@H](NC(=O)[C@H]1CCCO1)C2. The number of imidazole rings is 1. The van der Waals surface area contributed by atoms with E-state index in [2.05, 4.69) is 21.1 Å². The molecule has 0 aliphatic carbocycles. The van der Waals surface area contributed by atoms with Crippen LogP contribution in [-0.2, 0) is 22.5 Å². The Balaban J connectivity index is 1.60. The van der Waals surface area contributed by atoms with Gasteiger partial charge in [-0.25, -0.2) is 4.98 Å². The highest BCUT2D eigenvalue weighted by Crippen LogP contribution is 2.17. The van der Waals surface area contributed by atoms with Gasteiger partial charge in [0.15, 0.2) is 0 Å². The zero-order valence-electron chi connectivity index (χ0n) is 10.7. The minimum absolute atomic E-state index is 0.0535. The van der Waals surface area contributed by atoms with Gasteiger partial charge in [-0.2, -0.15) is 0 Å². The van der Waals surface area contributed by atoms with Gasteiger partial charge in [-0.3, -0.25) is 4.79 Å². The van der Waals surface area contributed by atoms with E-state index in [9.17, 15) is 4.79 Å². The van der Waals surface area contributed by atoms with E-state index in [-0.39, 0.29) is 18.1 Å². The average Bonchev–Trinajstić information content (AvgIpc) is 2.95. The number of hydrogen-bond acceptors (Lipinski definition) is 3. The fourth-order valence-corrected chi connectivity index (χ4v) is 2.78. The van der Waals surface area contributed by atoms with Gasteiger partial charge in [0.2, 0.25) is 5.91 Å². The molecule has 1 aromatic heterocycles. The van der Waals surface area contributed by atoms with E-state index in [1.54, 1.807) is 0 Å². The molecule has 0 radical (unpaired) electrons. The number of rotatable bonds is 2. The van der Waals surface area contributed by atoms with E-state index in [0.29, 0.717) is 6.61 Å². The summed E-state index contributed by atoms with van der Waals surface area (Å²) in [6.07, 6.45) is 5.58. The summed E-state index contributed by atoms with van der Waals surface area (Å²) < 4.78 is 7.55. The zero-order chi connectivity index (χ0) is 12.5. The van der Waals surface area contributed by atoms with Crippen LogP contribution in [0.5, 0.6) is 0 Å². The first-order valence-corrected chi connectivity index (χ1v) is 6.67. The first-order chi connectivity index (χ1) is 8.72. The van der Waals surface area contributed by atoms with Crippen LogP contribution < -0.4 is 5.32 Å². The molecule has 1 amide bonds. The van der Waals surface area contributed by atoms with Crippen molar-refractivity contribution in [3.8, 4) is 0 Å². The Hall–Kier alpha value is -1.36. The largest absolute Gasteiger partial charge is 0.368 e. The third-order valence-electron chi connectivity index (χ3n) is 3.68. The molecular formula is C13H19N3O2. The third kappa shape index (κ3) is 2.27. The number of aromatic nitrogens is 2. The predicted octanol–water partition coefficient (Wildman–Crippen LogP) is 0.802. The number of hydrogen-bond donors (Lipinski definition) is 1. The molecular weight excluding hydrogens is 230 g/mol. The molecule has 1 saturated heterocycles. The van der Waals surface area contributed by atoms with Gasteiger partial charge in [0.05, 0.1) is 5.69 Å². The molecule has 0 saturated carbocycles. The number of carbonyl (C=O) groups excluding carboxylic acids is 1. The first-order valence-electron chi connectivity index (χ1n) is 6.67. The second-order valence-electron chi connectivity index (χ2n) is 5.20. The van der Waals surface area contributed by atoms with Crippen LogP contribution in [0.2, 0.25) is 0 Å². The smallest absolute Gasteiger partial charge is 0.249 e. The lowest BCUT2D eigenvalue weighted by Crippen LogP contribution is -2.45. The van der Waals surface area contributed by atoms with Gasteiger partial charge < -0.3 is 14.6 Å². The molecule has 0 spiro atoms. The van der Waals surface area contributed by atoms with Crippen molar-refractivity contribution < 1.29 is 9.53 Å². The summed E-state index contributed by atoms with van der Waals surface area (Å²) in [5, 5.41) is 3.10. The number of ether oxygens (including phenoxy) is 1. The fraction of sp³-hybridized carbons (Fsp3) is 0.692. The summed E-state index contributed by atoms with van der Waals surface area (Å²) in [4.78, 5) is 16.4. The highest BCUT2D eigenvalue weighted by atomic mass is 16.5. The lowest BCUT2D eigenvalue weighted by molar-refractivity contribution is -0.131. The molecule has 98 valence electrons. The summed E-state index contributed by atoms with van der Waals surface area (Å²) in [6, 6.07) is 0.211. The maximum absolute atomic E-state index is 12.0. The molecule has 1 N–H and O–H groups in total. The van der Waals surface area contributed by atoms with Crippen LogP contribution in [0.25, 0.3) is 0 Å². The number of nitrogens with one attached hydrogen (secondary N) is 1. The quantitative estimate of drug-likeness (QED) is 0.843. The standard InChI is InChI=1S/C13H19N3O2/c1-9-7-16-8-10(4-5-12(16)14-9)15-13(17)11-3-2-6-18-11/h7,10-11H,2-6,8H2,1H3,(H,15,17)/t10-,11+/m0/s1. The van der Waals surface area contributed by atoms with Crippen molar-refractivity contribution >= 4 is 5.91 Å². The zero-order valence-corrected chi connectivity index (χ0v) is 10.7. The molecule has 2 atom stereocenters. The lowest BCUT2D eigenvalue weighted by atomic mass is 10.1. The number of amides is 1. The topological polar surface area (TPSA) is 56.2 Å². The molecule has 3 heterocycles. The van der Waals surface area contributed by atoms with Crippen LogP contribution in [0.15, 0.2) is 6.20 Å². The minimum Gasteiger partial charge on any atom is -0.368 e. The minimum atomic E-state index is -0.226. The Morgan fingerprint density at radius 1 is 1.56 bits per heavy atom. The molecule has 2 aliphatic rings. The van der Waals surface area contributed by atoms with E-state index in [1.807, 2.05) is 6.92 Å². The summed E-state index contributed by atoms with van der Waals surface area (Å²) in [6.45, 7) is 3.55. The van der Waals surface area contributed by atoms with Crippen LogP contribution >= 0.6 is 0 Å². The Bertz CT molecular complexity index is 449. The van der Waals surface area contributed by atoms with Gasteiger partial charge in [-0.05, 0) is 26.2 Å². The van der Waals surface area contributed by atoms with Gasteiger partial charge >= 0.3 is 0 Å². The summed E-state index contributed by atoms with van der Waals surface area (Å²) >= 11 is 0. The average molecular weight is 249 g/mol. The van der Waals surface area contributed by atoms with E-state index in [0.717, 1.165) is 43.7 Å². The van der Waals surface area contributed by atoms with Crippen molar-refractivity contribution in [2.24, 2.45) is 0 Å². The lowest BCUT2D eigenvalue weighted by Gasteiger charge is -2.25.